The van der Waals surface area contributed by atoms with Gasteiger partial charge in [0.15, 0.2) is 5.78 Å². The first-order valence-electron chi connectivity index (χ1n) is 3.42. The molecule has 0 saturated carbocycles. The van der Waals surface area contributed by atoms with E-state index in [-0.39, 0.29) is 29.6 Å². The molecule has 0 aromatic rings. The van der Waals surface area contributed by atoms with Gasteiger partial charge in [-0.1, -0.05) is 0 Å². The van der Waals surface area contributed by atoms with Gasteiger partial charge < -0.3 is 4.72 Å². The van der Waals surface area contributed by atoms with Crippen LogP contribution in [0.5, 0.6) is 0 Å². The molecule has 0 bridgehead atoms. The van der Waals surface area contributed by atoms with Crippen molar-refractivity contribution in [2.75, 3.05) is 5.75 Å². The zero-order chi connectivity index (χ0) is 9.56. The fraction of sp³-hybridized carbons (Fsp3) is 0.571. The predicted molar refractivity (Wildman–Crippen MR) is 46.6 cm³/mol. The van der Waals surface area contributed by atoms with E-state index in [1.807, 2.05) is 0 Å². The minimum Gasteiger partial charge on any atom is -0.300 e. The summed E-state index contributed by atoms with van der Waals surface area (Å²) in [6.07, 6.45) is -0.0490. The van der Waals surface area contributed by atoms with E-state index in [0.29, 0.717) is 0 Å². The van der Waals surface area contributed by atoms with E-state index in [2.05, 4.69) is 4.72 Å². The van der Waals surface area contributed by atoms with E-state index in [4.69, 9.17) is 0 Å². The summed E-state index contributed by atoms with van der Waals surface area (Å²) in [5, 5.41) is 0. The maximum absolute atomic E-state index is 10.8. The Bertz CT molecular complexity index is 203. The number of ketones is 2. The van der Waals surface area contributed by atoms with Crippen LogP contribution in [0.15, 0.2) is 0 Å². The number of hydrogen-bond acceptors (Lipinski definition) is 4. The normalized spacial score (nSPS) is 9.17. The maximum atomic E-state index is 10.8. The summed E-state index contributed by atoms with van der Waals surface area (Å²) in [5.41, 5.74) is 0. The van der Waals surface area contributed by atoms with Crippen LogP contribution >= 0.6 is 11.9 Å². The van der Waals surface area contributed by atoms with Crippen molar-refractivity contribution in [3.8, 4) is 0 Å². The summed E-state index contributed by atoms with van der Waals surface area (Å²) in [6, 6.07) is 0. The van der Waals surface area contributed by atoms with Crippen LogP contribution < -0.4 is 4.72 Å². The van der Waals surface area contributed by atoms with Crippen LogP contribution in [0, 0.1) is 0 Å². The number of rotatable bonds is 5. The first kappa shape index (κ1) is 11.2. The standard InChI is InChI=1S/C7H11NO3S/c1-5(9)3-7(11)4-12-8-6(2)10/h3-4H2,1-2H3,(H,8,10). The average Bonchev–Trinajstić information content (AvgIpc) is 1.84. The minimum absolute atomic E-state index is 0.0490. The second kappa shape index (κ2) is 5.77. The molecule has 0 aromatic carbocycles. The van der Waals surface area contributed by atoms with E-state index < -0.39 is 0 Å². The van der Waals surface area contributed by atoms with Crippen LogP contribution in [0.3, 0.4) is 0 Å². The number of nitrogens with one attached hydrogen (secondary N) is 1. The molecule has 0 saturated heterocycles. The second-order valence-electron chi connectivity index (χ2n) is 2.36. The van der Waals surface area contributed by atoms with Crippen molar-refractivity contribution in [3.63, 3.8) is 0 Å². The molecule has 0 heterocycles. The van der Waals surface area contributed by atoms with Crippen LogP contribution in [0.4, 0.5) is 0 Å². The molecule has 0 aliphatic rings. The minimum atomic E-state index is -0.198. The third kappa shape index (κ3) is 7.27. The van der Waals surface area contributed by atoms with Crippen molar-refractivity contribution in [2.24, 2.45) is 0 Å². The SMILES string of the molecule is CC(=O)CC(=O)CSNC(C)=O. The molecule has 0 unspecified atom stereocenters. The molecule has 5 heteroatoms. The quantitative estimate of drug-likeness (QED) is 0.499. The van der Waals surface area contributed by atoms with Gasteiger partial charge in [0.2, 0.25) is 5.91 Å². The van der Waals surface area contributed by atoms with Crippen LogP contribution in [0.25, 0.3) is 0 Å². The van der Waals surface area contributed by atoms with Gasteiger partial charge in [-0.25, -0.2) is 0 Å². The number of carbonyl (C=O) groups excluding carboxylic acids is 3. The number of carbonyl (C=O) groups is 3. The van der Waals surface area contributed by atoms with E-state index in [1.54, 1.807) is 0 Å². The summed E-state index contributed by atoms with van der Waals surface area (Å²) in [7, 11) is 0. The monoisotopic (exact) mass is 189 g/mol. The fourth-order valence-corrected chi connectivity index (χ4v) is 1.09. The summed E-state index contributed by atoms with van der Waals surface area (Å²) in [4.78, 5) is 31.6. The molecule has 1 amide bonds. The smallest absolute Gasteiger partial charge is 0.226 e. The van der Waals surface area contributed by atoms with E-state index in [9.17, 15) is 14.4 Å². The molecule has 0 aliphatic heterocycles. The highest BCUT2D eigenvalue weighted by Gasteiger charge is 2.05. The van der Waals surface area contributed by atoms with Crippen LogP contribution in [-0.4, -0.2) is 23.2 Å². The van der Waals surface area contributed by atoms with Gasteiger partial charge in [0.05, 0.1) is 12.2 Å². The second-order valence-corrected chi connectivity index (χ2v) is 3.15. The molecule has 12 heavy (non-hydrogen) atoms. The molecule has 0 radical (unpaired) electrons. The van der Waals surface area contributed by atoms with E-state index in [0.717, 1.165) is 11.9 Å². The molecular formula is C7H11NO3S. The van der Waals surface area contributed by atoms with Crippen LogP contribution in [0.2, 0.25) is 0 Å². The van der Waals surface area contributed by atoms with Gasteiger partial charge in [-0.2, -0.15) is 0 Å². The lowest BCUT2D eigenvalue weighted by Gasteiger charge is -1.98. The molecule has 1 N–H and O–H groups in total. The van der Waals surface area contributed by atoms with Gasteiger partial charge in [0, 0.05) is 6.92 Å². The maximum Gasteiger partial charge on any atom is 0.226 e. The molecule has 0 aliphatic carbocycles. The van der Waals surface area contributed by atoms with Crippen molar-refractivity contribution in [1.29, 1.82) is 0 Å². The molecule has 0 rings (SSSR count). The summed E-state index contributed by atoms with van der Waals surface area (Å²) < 4.78 is 2.40. The Hall–Kier alpha value is -0.840. The first-order valence-corrected chi connectivity index (χ1v) is 4.40. The first-order chi connectivity index (χ1) is 5.52. The van der Waals surface area contributed by atoms with Gasteiger partial charge in [-0.05, 0) is 18.9 Å². The van der Waals surface area contributed by atoms with Gasteiger partial charge in [-0.15, -0.1) is 0 Å². The Labute approximate surface area is 75.2 Å². The van der Waals surface area contributed by atoms with Crippen molar-refractivity contribution >= 4 is 29.4 Å². The van der Waals surface area contributed by atoms with Gasteiger partial charge in [0.1, 0.15) is 5.78 Å². The number of Topliss-reactive ketones (excluding diaryl/α,β-unsaturated/α-hetero) is 2. The third-order valence-electron chi connectivity index (χ3n) is 0.895. The summed E-state index contributed by atoms with van der Waals surface area (Å²) in [6.45, 7) is 2.73. The molecule has 0 aromatic heterocycles. The lowest BCUT2D eigenvalue weighted by atomic mass is 10.2. The Kier molecular flexibility index (Phi) is 5.36. The highest BCUT2D eigenvalue weighted by atomic mass is 32.2. The van der Waals surface area contributed by atoms with Gasteiger partial charge >= 0.3 is 0 Å². The topological polar surface area (TPSA) is 63.2 Å². The molecular weight excluding hydrogens is 178 g/mol. The molecule has 68 valence electrons. The largest absolute Gasteiger partial charge is 0.300 e. The predicted octanol–water partition coefficient (Wildman–Crippen LogP) is 0.319. The van der Waals surface area contributed by atoms with Gasteiger partial charge in [-0.3, -0.25) is 14.4 Å². The highest BCUT2D eigenvalue weighted by Crippen LogP contribution is 1.96. The van der Waals surface area contributed by atoms with Crippen molar-refractivity contribution in [3.05, 3.63) is 0 Å². The van der Waals surface area contributed by atoms with Crippen LogP contribution in [0.1, 0.15) is 20.3 Å². The molecule has 0 atom stereocenters. The van der Waals surface area contributed by atoms with Crippen molar-refractivity contribution in [2.45, 2.75) is 20.3 Å². The lowest BCUT2D eigenvalue weighted by Crippen LogP contribution is -2.15. The molecule has 4 nitrogen and oxygen atoms in total. The number of hydrogen-bond donors (Lipinski definition) is 1. The fourth-order valence-electron chi connectivity index (χ4n) is 0.547. The van der Waals surface area contributed by atoms with E-state index >= 15 is 0 Å². The van der Waals surface area contributed by atoms with Crippen molar-refractivity contribution < 1.29 is 14.4 Å². The van der Waals surface area contributed by atoms with Gasteiger partial charge in [0.25, 0.3) is 0 Å². The number of amides is 1. The van der Waals surface area contributed by atoms with Crippen LogP contribution in [-0.2, 0) is 14.4 Å². The summed E-state index contributed by atoms with van der Waals surface area (Å²) in [5.74, 6) is -0.362. The molecule has 0 spiro atoms. The Morgan fingerprint density at radius 3 is 2.25 bits per heavy atom. The Morgan fingerprint density at radius 1 is 1.25 bits per heavy atom. The Balaban J connectivity index is 3.44. The average molecular weight is 189 g/mol. The van der Waals surface area contributed by atoms with E-state index in [1.165, 1.54) is 13.8 Å². The zero-order valence-electron chi connectivity index (χ0n) is 7.05. The summed E-state index contributed by atoms with van der Waals surface area (Å²) >= 11 is 1.01. The molecule has 0 fully saturated rings. The lowest BCUT2D eigenvalue weighted by molar-refractivity contribution is -0.124. The zero-order valence-corrected chi connectivity index (χ0v) is 7.86. The Morgan fingerprint density at radius 2 is 1.83 bits per heavy atom. The van der Waals surface area contributed by atoms with Crippen molar-refractivity contribution in [1.82, 2.24) is 4.72 Å². The third-order valence-corrected chi connectivity index (χ3v) is 1.79. The highest BCUT2D eigenvalue weighted by molar-refractivity contribution is 7.98.